The molecule has 0 unspecified atom stereocenters. The van der Waals surface area contributed by atoms with E-state index in [-0.39, 0.29) is 29.2 Å². The number of pyridine rings is 1. The lowest BCUT2D eigenvalue weighted by Gasteiger charge is -2.18. The number of hydrogen-bond donors (Lipinski definition) is 1. The van der Waals surface area contributed by atoms with Crippen molar-refractivity contribution >= 4 is 11.6 Å². The van der Waals surface area contributed by atoms with E-state index in [0.717, 1.165) is 11.0 Å². The van der Waals surface area contributed by atoms with Crippen molar-refractivity contribution in [2.24, 2.45) is 0 Å². The van der Waals surface area contributed by atoms with E-state index in [0.29, 0.717) is 0 Å². The molecule has 3 rings (SSSR count). The molecule has 0 saturated carbocycles. The first-order valence-corrected chi connectivity index (χ1v) is 7.62. The summed E-state index contributed by atoms with van der Waals surface area (Å²) in [6.45, 7) is -2.03. The van der Waals surface area contributed by atoms with Gasteiger partial charge in [0.1, 0.15) is 0 Å². The molecule has 1 aromatic carbocycles. The Morgan fingerprint density at radius 3 is 2.69 bits per heavy atom. The first-order chi connectivity index (χ1) is 12.2. The maximum Gasteiger partial charge on any atom is 0.388 e. The van der Waals surface area contributed by atoms with Gasteiger partial charge >= 0.3 is 18.4 Å². The number of fused-ring (bicyclic) bond motifs is 1. The quantitative estimate of drug-likeness (QED) is 0.820. The second-order valence-corrected chi connectivity index (χ2v) is 5.76. The first-order valence-electron chi connectivity index (χ1n) is 7.62. The van der Waals surface area contributed by atoms with Gasteiger partial charge in [-0.3, -0.25) is 4.79 Å². The van der Waals surface area contributed by atoms with Crippen LogP contribution >= 0.6 is 0 Å². The van der Waals surface area contributed by atoms with Crippen LogP contribution in [0.3, 0.4) is 0 Å². The Bertz CT molecular complexity index is 843. The van der Waals surface area contributed by atoms with Crippen LogP contribution in [0.2, 0.25) is 0 Å². The van der Waals surface area contributed by atoms with Gasteiger partial charge in [0.15, 0.2) is 0 Å². The smallest absolute Gasteiger partial charge is 0.388 e. The van der Waals surface area contributed by atoms with Crippen molar-refractivity contribution in [2.45, 2.75) is 32.1 Å². The lowest BCUT2D eigenvalue weighted by atomic mass is 9.98. The molecule has 0 radical (unpaired) electrons. The summed E-state index contributed by atoms with van der Waals surface area (Å²) in [6.07, 6.45) is -0.00525. The van der Waals surface area contributed by atoms with Crippen molar-refractivity contribution in [2.75, 3.05) is 4.90 Å². The Labute approximate surface area is 145 Å². The highest BCUT2D eigenvalue weighted by Crippen LogP contribution is 2.47. The molecule has 0 aliphatic carbocycles. The number of aliphatic hydroxyl groups excluding tert-OH is 1. The lowest BCUT2D eigenvalue weighted by molar-refractivity contribution is -0.141. The van der Waals surface area contributed by atoms with E-state index in [2.05, 4.69) is 9.72 Å². The molecule has 1 aromatic heterocycles. The Hall–Kier alpha value is -2.68. The Kier molecular flexibility index (Phi) is 4.57. The van der Waals surface area contributed by atoms with Gasteiger partial charge in [-0.25, -0.2) is 4.98 Å². The van der Waals surface area contributed by atoms with E-state index in [1.54, 1.807) is 0 Å². The number of aromatic nitrogens is 1. The van der Waals surface area contributed by atoms with Gasteiger partial charge in [-0.15, -0.1) is 0 Å². The Balaban J connectivity index is 1.98. The summed E-state index contributed by atoms with van der Waals surface area (Å²) in [6, 6.07) is 6.68. The second-order valence-electron chi connectivity index (χ2n) is 5.76. The van der Waals surface area contributed by atoms with E-state index in [4.69, 9.17) is 0 Å². The number of halogens is 4. The number of nitrogens with zero attached hydrogens (tertiary/aromatic N) is 2. The summed E-state index contributed by atoms with van der Waals surface area (Å²) in [7, 11) is 0. The summed E-state index contributed by atoms with van der Waals surface area (Å²) < 4.78 is 57.8. The molecule has 1 amide bonds. The molecule has 5 nitrogen and oxygen atoms in total. The van der Waals surface area contributed by atoms with E-state index >= 15 is 0 Å². The number of anilines is 1. The van der Waals surface area contributed by atoms with E-state index in [1.807, 2.05) is 0 Å². The molecule has 1 aliphatic heterocycles. The summed E-state index contributed by atoms with van der Waals surface area (Å²) in [5, 5.41) is 9.74. The largest absolute Gasteiger partial charge is 0.417 e. The average molecular weight is 370 g/mol. The molecule has 0 saturated heterocycles. The molecule has 2 heterocycles. The normalized spacial score (nSPS) is 16.7. The van der Waals surface area contributed by atoms with Gasteiger partial charge in [0.25, 0.3) is 0 Å². The maximum absolute atomic E-state index is 14.5. The Morgan fingerprint density at radius 1 is 1.31 bits per heavy atom. The van der Waals surface area contributed by atoms with Crippen LogP contribution in [-0.2, 0) is 17.3 Å². The highest BCUT2D eigenvalue weighted by molar-refractivity contribution is 6.06. The zero-order valence-corrected chi connectivity index (χ0v) is 13.5. The molecule has 138 valence electrons. The molecule has 26 heavy (non-hydrogen) atoms. The number of hydrogen-bond acceptors (Lipinski definition) is 4. The first kappa shape index (κ1) is 18.1. The fraction of sp³-hybridized carbons (Fsp3) is 0.294. The van der Waals surface area contributed by atoms with Crippen molar-refractivity contribution in [3.8, 4) is 5.88 Å². The van der Waals surface area contributed by atoms with Crippen molar-refractivity contribution in [3.05, 3.63) is 53.2 Å². The summed E-state index contributed by atoms with van der Waals surface area (Å²) in [5.74, 6) is -5.62. The second kappa shape index (κ2) is 6.56. The van der Waals surface area contributed by atoms with Gasteiger partial charge in [-0.05, 0) is 30.2 Å². The molecule has 0 bridgehead atoms. The minimum absolute atomic E-state index is 0.0356. The van der Waals surface area contributed by atoms with Gasteiger partial charge in [0.2, 0.25) is 5.88 Å². The van der Waals surface area contributed by atoms with E-state index in [9.17, 15) is 27.5 Å². The molecule has 1 aliphatic rings. The van der Waals surface area contributed by atoms with Gasteiger partial charge in [0.05, 0.1) is 23.9 Å². The minimum Gasteiger partial charge on any atom is -0.417 e. The molecule has 1 atom stereocenters. The third-order valence-electron chi connectivity index (χ3n) is 3.99. The monoisotopic (exact) mass is 370 g/mol. The standard InChI is InChI=1S/C17H14F4N2O3/c1-9(24)11-3-2-4-12-14(11)17(20,21)15(25)23(12)8-10-5-6-22-13(7-10)26-16(18)19/h2-7,9,16,24H,8H2,1H3/t9-/m0/s1. The van der Waals surface area contributed by atoms with Crippen LogP contribution in [0.1, 0.15) is 29.7 Å². The zero-order valence-electron chi connectivity index (χ0n) is 13.5. The van der Waals surface area contributed by atoms with Crippen LogP contribution in [0.25, 0.3) is 0 Å². The third kappa shape index (κ3) is 3.10. The fourth-order valence-corrected chi connectivity index (χ4v) is 2.90. The third-order valence-corrected chi connectivity index (χ3v) is 3.99. The predicted molar refractivity (Wildman–Crippen MR) is 83.0 cm³/mol. The number of ether oxygens (including phenoxy) is 1. The number of rotatable bonds is 5. The van der Waals surface area contributed by atoms with Crippen LogP contribution in [0.4, 0.5) is 23.2 Å². The van der Waals surface area contributed by atoms with Crippen LogP contribution in [-0.4, -0.2) is 22.6 Å². The topological polar surface area (TPSA) is 62.7 Å². The summed E-state index contributed by atoms with van der Waals surface area (Å²) >= 11 is 0. The molecular formula is C17H14F4N2O3. The van der Waals surface area contributed by atoms with Gasteiger partial charge < -0.3 is 14.7 Å². The van der Waals surface area contributed by atoms with Crippen molar-refractivity contribution in [1.82, 2.24) is 4.98 Å². The predicted octanol–water partition coefficient (Wildman–Crippen LogP) is 3.37. The van der Waals surface area contributed by atoms with Crippen molar-refractivity contribution in [3.63, 3.8) is 0 Å². The van der Waals surface area contributed by atoms with Gasteiger partial charge in [-0.1, -0.05) is 12.1 Å². The number of aliphatic hydroxyl groups is 1. The van der Waals surface area contributed by atoms with Crippen LogP contribution < -0.4 is 9.64 Å². The van der Waals surface area contributed by atoms with Crippen molar-refractivity contribution < 1.29 is 32.2 Å². The molecular weight excluding hydrogens is 356 g/mol. The fourth-order valence-electron chi connectivity index (χ4n) is 2.90. The summed E-state index contributed by atoms with van der Waals surface area (Å²) in [5.41, 5.74) is -0.334. The lowest BCUT2D eigenvalue weighted by Crippen LogP contribution is -2.34. The number of alkyl halides is 4. The van der Waals surface area contributed by atoms with Gasteiger partial charge in [0, 0.05) is 12.3 Å². The molecule has 9 heteroatoms. The SMILES string of the molecule is C[C@H](O)c1cccc2c1C(F)(F)C(=O)N2Cc1ccnc(OC(F)F)c1. The number of carbonyl (C=O) groups excluding carboxylic acids is 1. The summed E-state index contributed by atoms with van der Waals surface area (Å²) in [4.78, 5) is 16.7. The average Bonchev–Trinajstić information content (AvgIpc) is 2.75. The highest BCUT2D eigenvalue weighted by atomic mass is 19.3. The highest BCUT2D eigenvalue weighted by Gasteiger charge is 2.54. The van der Waals surface area contributed by atoms with Crippen molar-refractivity contribution in [1.29, 1.82) is 0 Å². The number of amides is 1. The number of benzene rings is 1. The molecule has 0 spiro atoms. The molecule has 2 aromatic rings. The van der Waals surface area contributed by atoms with Crippen LogP contribution in [0.15, 0.2) is 36.5 Å². The van der Waals surface area contributed by atoms with Gasteiger partial charge in [-0.2, -0.15) is 17.6 Å². The van der Waals surface area contributed by atoms with Crippen LogP contribution in [0.5, 0.6) is 5.88 Å². The Morgan fingerprint density at radius 2 is 2.04 bits per heavy atom. The number of carbonyl (C=O) groups is 1. The molecule has 1 N–H and O–H groups in total. The van der Waals surface area contributed by atoms with E-state index < -0.39 is 30.1 Å². The maximum atomic E-state index is 14.5. The minimum atomic E-state index is -3.79. The van der Waals surface area contributed by atoms with E-state index in [1.165, 1.54) is 37.4 Å². The zero-order chi connectivity index (χ0) is 19.1. The van der Waals surface area contributed by atoms with Crippen LogP contribution in [0, 0.1) is 0 Å². The molecule has 0 fully saturated rings.